The number of hydrazone groups is 1. The molecule has 4 aromatic rings. The van der Waals surface area contributed by atoms with Crippen molar-refractivity contribution in [3.8, 4) is 11.5 Å². The van der Waals surface area contributed by atoms with Gasteiger partial charge in [-0.25, -0.2) is 5.43 Å². The molecule has 0 fully saturated rings. The fourth-order valence-corrected chi connectivity index (χ4v) is 3.20. The van der Waals surface area contributed by atoms with Crippen molar-refractivity contribution in [2.24, 2.45) is 5.10 Å². The molecule has 1 N–H and O–H groups in total. The van der Waals surface area contributed by atoms with E-state index in [1.54, 1.807) is 25.4 Å². The van der Waals surface area contributed by atoms with E-state index in [4.69, 9.17) is 9.47 Å². The SMILES string of the molecule is COc1ccc(C(C)=NNC(=O)c2ccc(COc3cccc4cccnc34)cc2)cc1. The van der Waals surface area contributed by atoms with Gasteiger partial charge in [0.05, 0.1) is 12.8 Å². The molecular weight excluding hydrogens is 402 g/mol. The van der Waals surface area contributed by atoms with Crippen molar-refractivity contribution >= 4 is 22.5 Å². The zero-order chi connectivity index (χ0) is 22.3. The summed E-state index contributed by atoms with van der Waals surface area (Å²) in [5.41, 5.74) is 6.51. The maximum Gasteiger partial charge on any atom is 0.271 e. The van der Waals surface area contributed by atoms with Crippen LogP contribution in [0.1, 0.15) is 28.4 Å². The predicted octanol–water partition coefficient (Wildman–Crippen LogP) is 4.98. The Morgan fingerprint density at radius 3 is 2.41 bits per heavy atom. The number of hydrogen-bond donors (Lipinski definition) is 1. The van der Waals surface area contributed by atoms with Gasteiger partial charge in [-0.1, -0.05) is 30.3 Å². The average molecular weight is 425 g/mol. The third-order valence-electron chi connectivity index (χ3n) is 5.04. The van der Waals surface area contributed by atoms with Crippen molar-refractivity contribution < 1.29 is 14.3 Å². The van der Waals surface area contributed by atoms with Crippen LogP contribution in [0.15, 0.2) is 90.2 Å². The van der Waals surface area contributed by atoms with Crippen molar-refractivity contribution in [1.29, 1.82) is 0 Å². The number of ether oxygens (including phenoxy) is 2. The zero-order valence-corrected chi connectivity index (χ0v) is 17.9. The molecule has 0 saturated heterocycles. The molecule has 6 nitrogen and oxygen atoms in total. The van der Waals surface area contributed by atoms with Crippen LogP contribution >= 0.6 is 0 Å². The van der Waals surface area contributed by atoms with Crippen molar-refractivity contribution in [1.82, 2.24) is 10.4 Å². The van der Waals surface area contributed by atoms with Gasteiger partial charge in [0.15, 0.2) is 0 Å². The van der Waals surface area contributed by atoms with Gasteiger partial charge in [-0.15, -0.1) is 0 Å². The lowest BCUT2D eigenvalue weighted by molar-refractivity contribution is 0.0955. The van der Waals surface area contributed by atoms with Crippen molar-refractivity contribution in [3.05, 3.63) is 102 Å². The quantitative estimate of drug-likeness (QED) is 0.335. The Morgan fingerprint density at radius 1 is 0.938 bits per heavy atom. The second-order valence-electron chi connectivity index (χ2n) is 7.18. The number of pyridine rings is 1. The summed E-state index contributed by atoms with van der Waals surface area (Å²) < 4.78 is 11.1. The van der Waals surface area contributed by atoms with E-state index < -0.39 is 0 Å². The average Bonchev–Trinajstić information content (AvgIpc) is 2.86. The molecule has 0 unspecified atom stereocenters. The minimum Gasteiger partial charge on any atom is -0.497 e. The topological polar surface area (TPSA) is 72.8 Å². The lowest BCUT2D eigenvalue weighted by atomic mass is 10.1. The van der Waals surface area contributed by atoms with Gasteiger partial charge < -0.3 is 9.47 Å². The number of carbonyl (C=O) groups excluding carboxylic acids is 1. The molecule has 3 aromatic carbocycles. The lowest BCUT2D eigenvalue weighted by Gasteiger charge is -2.09. The highest BCUT2D eigenvalue weighted by Crippen LogP contribution is 2.24. The van der Waals surface area contributed by atoms with Crippen LogP contribution in [0.5, 0.6) is 11.5 Å². The number of para-hydroxylation sites is 1. The van der Waals surface area contributed by atoms with E-state index in [1.165, 1.54) is 0 Å². The zero-order valence-electron chi connectivity index (χ0n) is 17.9. The molecule has 160 valence electrons. The lowest BCUT2D eigenvalue weighted by Crippen LogP contribution is -2.19. The van der Waals surface area contributed by atoms with Gasteiger partial charge >= 0.3 is 0 Å². The van der Waals surface area contributed by atoms with Gasteiger partial charge in [0, 0.05) is 17.1 Å². The van der Waals surface area contributed by atoms with Gasteiger partial charge in [0.25, 0.3) is 5.91 Å². The fraction of sp³-hybridized carbons (Fsp3) is 0.115. The highest BCUT2D eigenvalue weighted by Gasteiger charge is 2.07. The van der Waals surface area contributed by atoms with Crippen LogP contribution in [-0.2, 0) is 6.61 Å². The molecule has 0 atom stereocenters. The number of rotatable bonds is 7. The normalized spacial score (nSPS) is 11.2. The maximum absolute atomic E-state index is 12.4. The number of nitrogens with zero attached hydrogens (tertiary/aromatic N) is 2. The number of hydrogen-bond acceptors (Lipinski definition) is 5. The Labute approximate surface area is 186 Å². The van der Waals surface area contributed by atoms with Gasteiger partial charge in [-0.05, 0) is 66.6 Å². The van der Waals surface area contributed by atoms with E-state index in [-0.39, 0.29) is 5.91 Å². The van der Waals surface area contributed by atoms with E-state index in [2.05, 4.69) is 15.5 Å². The Morgan fingerprint density at radius 2 is 1.66 bits per heavy atom. The summed E-state index contributed by atoms with van der Waals surface area (Å²) in [6, 6.07) is 24.5. The summed E-state index contributed by atoms with van der Waals surface area (Å²) >= 11 is 0. The van der Waals surface area contributed by atoms with E-state index in [1.807, 2.05) is 73.7 Å². The molecule has 4 rings (SSSR count). The first kappa shape index (κ1) is 21.1. The third kappa shape index (κ3) is 4.92. The molecule has 0 aliphatic rings. The number of nitrogens with one attached hydrogen (secondary N) is 1. The Balaban J connectivity index is 1.36. The summed E-state index contributed by atoms with van der Waals surface area (Å²) in [6.45, 7) is 2.22. The first-order chi connectivity index (χ1) is 15.6. The van der Waals surface area contributed by atoms with Crippen LogP contribution < -0.4 is 14.9 Å². The van der Waals surface area contributed by atoms with Crippen molar-refractivity contribution in [3.63, 3.8) is 0 Å². The van der Waals surface area contributed by atoms with Crippen LogP contribution in [0.25, 0.3) is 10.9 Å². The molecule has 1 heterocycles. The molecular formula is C26H23N3O3. The largest absolute Gasteiger partial charge is 0.497 e. The van der Waals surface area contributed by atoms with E-state index in [9.17, 15) is 4.79 Å². The standard InChI is InChI=1S/C26H23N3O3/c1-18(20-12-14-23(31-2)15-13-20)28-29-26(30)22-10-8-19(9-11-22)17-32-24-7-3-5-21-6-4-16-27-25(21)24/h3-16H,17H2,1-2H3,(H,29,30). The second kappa shape index (κ2) is 9.75. The van der Waals surface area contributed by atoms with Crippen LogP contribution in [-0.4, -0.2) is 23.7 Å². The van der Waals surface area contributed by atoms with E-state index in [0.29, 0.717) is 17.9 Å². The summed E-state index contributed by atoms with van der Waals surface area (Å²) in [5, 5.41) is 5.23. The Kier molecular flexibility index (Phi) is 6.41. The van der Waals surface area contributed by atoms with Gasteiger partial charge in [-0.3, -0.25) is 9.78 Å². The molecule has 0 aliphatic carbocycles. The predicted molar refractivity (Wildman–Crippen MR) is 125 cm³/mol. The molecule has 1 amide bonds. The summed E-state index contributed by atoms with van der Waals surface area (Å²) in [4.78, 5) is 16.8. The first-order valence-electron chi connectivity index (χ1n) is 10.2. The molecule has 6 heteroatoms. The van der Waals surface area contributed by atoms with E-state index >= 15 is 0 Å². The maximum atomic E-state index is 12.4. The third-order valence-corrected chi connectivity index (χ3v) is 5.04. The smallest absolute Gasteiger partial charge is 0.271 e. The molecule has 1 aromatic heterocycles. The number of amides is 1. The second-order valence-corrected chi connectivity index (χ2v) is 7.18. The van der Waals surface area contributed by atoms with Crippen LogP contribution in [0.2, 0.25) is 0 Å². The molecule has 0 radical (unpaired) electrons. The van der Waals surface area contributed by atoms with E-state index in [0.717, 1.165) is 33.5 Å². The summed E-state index contributed by atoms with van der Waals surface area (Å²) in [5.74, 6) is 1.23. The van der Waals surface area contributed by atoms with Gasteiger partial charge in [0.2, 0.25) is 0 Å². The number of carbonyl (C=O) groups is 1. The van der Waals surface area contributed by atoms with Crippen LogP contribution in [0.4, 0.5) is 0 Å². The molecule has 0 saturated carbocycles. The minimum absolute atomic E-state index is 0.274. The Hall–Kier alpha value is -4.19. The number of fused-ring (bicyclic) bond motifs is 1. The van der Waals surface area contributed by atoms with Gasteiger partial charge in [-0.2, -0.15) is 5.10 Å². The monoisotopic (exact) mass is 425 g/mol. The minimum atomic E-state index is -0.274. The number of benzene rings is 3. The molecule has 32 heavy (non-hydrogen) atoms. The van der Waals surface area contributed by atoms with Crippen molar-refractivity contribution in [2.45, 2.75) is 13.5 Å². The van der Waals surface area contributed by atoms with Crippen LogP contribution in [0, 0.1) is 0 Å². The Bertz CT molecular complexity index is 1240. The number of aromatic nitrogens is 1. The highest BCUT2D eigenvalue weighted by molar-refractivity contribution is 6.00. The first-order valence-corrected chi connectivity index (χ1v) is 10.2. The van der Waals surface area contributed by atoms with Crippen LogP contribution in [0.3, 0.4) is 0 Å². The summed E-state index contributed by atoms with van der Waals surface area (Å²) in [7, 11) is 1.62. The molecule has 0 bridgehead atoms. The summed E-state index contributed by atoms with van der Waals surface area (Å²) in [6.07, 6.45) is 1.75. The number of methoxy groups -OCH3 is 1. The molecule has 0 aliphatic heterocycles. The van der Waals surface area contributed by atoms with Gasteiger partial charge in [0.1, 0.15) is 23.6 Å². The molecule has 0 spiro atoms. The van der Waals surface area contributed by atoms with Crippen molar-refractivity contribution in [2.75, 3.05) is 7.11 Å². The highest BCUT2D eigenvalue weighted by atomic mass is 16.5. The fourth-order valence-electron chi connectivity index (χ4n) is 3.20.